The summed E-state index contributed by atoms with van der Waals surface area (Å²) in [7, 11) is 1.61. The lowest BCUT2D eigenvalue weighted by Gasteiger charge is -2.28. The lowest BCUT2D eigenvalue weighted by molar-refractivity contribution is -0.139. The lowest BCUT2D eigenvalue weighted by Crippen LogP contribution is -2.48. The van der Waals surface area contributed by atoms with Crippen molar-refractivity contribution in [2.75, 3.05) is 20.2 Å². The van der Waals surface area contributed by atoms with E-state index in [2.05, 4.69) is 10.5 Å². The van der Waals surface area contributed by atoms with Crippen LogP contribution in [0.4, 0.5) is 0 Å². The second-order valence-corrected chi connectivity index (χ2v) is 10.4. The van der Waals surface area contributed by atoms with Crippen LogP contribution in [0.15, 0.2) is 120 Å². The minimum Gasteiger partial charge on any atom is -0.497 e. The van der Waals surface area contributed by atoms with Crippen LogP contribution in [0.5, 0.6) is 5.75 Å². The molecule has 4 aromatic rings. The number of likely N-dealkylation sites (tertiary alicyclic amines) is 1. The summed E-state index contributed by atoms with van der Waals surface area (Å²) in [5.74, 6) is -0.421. The highest BCUT2D eigenvalue weighted by molar-refractivity contribution is 6.02. The molecule has 2 atom stereocenters. The topological polar surface area (TPSA) is 100 Å². The van der Waals surface area contributed by atoms with Gasteiger partial charge in [-0.2, -0.15) is 0 Å². The Labute approximate surface area is 251 Å². The monoisotopic (exact) mass is 577 g/mol. The SMILES string of the molecule is COc1ccc(CO/N=C2\C[C@@H](C(=O)NC[C@@H](O)c3ccccc3)N(C(=O)C(c3ccccc3)c3ccccc3)C2)cc1. The summed E-state index contributed by atoms with van der Waals surface area (Å²) in [6.07, 6.45) is -0.657. The van der Waals surface area contributed by atoms with Crippen molar-refractivity contribution in [3.05, 3.63) is 138 Å². The van der Waals surface area contributed by atoms with Crippen molar-refractivity contribution < 1.29 is 24.3 Å². The van der Waals surface area contributed by atoms with E-state index >= 15 is 0 Å². The van der Waals surface area contributed by atoms with Gasteiger partial charge in [0.1, 0.15) is 18.4 Å². The Bertz CT molecular complexity index is 1470. The highest BCUT2D eigenvalue weighted by Gasteiger charge is 2.41. The fourth-order valence-electron chi connectivity index (χ4n) is 5.20. The summed E-state index contributed by atoms with van der Waals surface area (Å²) in [6, 6.07) is 34.9. The van der Waals surface area contributed by atoms with E-state index in [4.69, 9.17) is 9.57 Å². The smallest absolute Gasteiger partial charge is 0.243 e. The van der Waals surface area contributed by atoms with Crippen LogP contribution < -0.4 is 10.1 Å². The number of carbonyl (C=O) groups excluding carboxylic acids is 2. The Hall–Kier alpha value is -4.95. The maximum atomic E-state index is 14.3. The normalized spacial score (nSPS) is 16.2. The van der Waals surface area contributed by atoms with E-state index in [0.29, 0.717) is 11.3 Å². The van der Waals surface area contributed by atoms with E-state index in [0.717, 1.165) is 22.4 Å². The van der Waals surface area contributed by atoms with Gasteiger partial charge >= 0.3 is 0 Å². The zero-order valence-corrected chi connectivity index (χ0v) is 24.0. The second kappa shape index (κ2) is 14.3. The van der Waals surface area contributed by atoms with Gasteiger partial charge in [0.2, 0.25) is 11.8 Å². The van der Waals surface area contributed by atoms with Gasteiger partial charge in [-0.1, -0.05) is 108 Å². The van der Waals surface area contributed by atoms with Crippen LogP contribution >= 0.6 is 0 Å². The molecular formula is C35H35N3O5. The Balaban J connectivity index is 1.37. The van der Waals surface area contributed by atoms with E-state index < -0.39 is 18.1 Å². The maximum Gasteiger partial charge on any atom is 0.243 e. The molecule has 0 aromatic heterocycles. The number of methoxy groups -OCH3 is 1. The molecule has 43 heavy (non-hydrogen) atoms. The quantitative estimate of drug-likeness (QED) is 0.248. The highest BCUT2D eigenvalue weighted by atomic mass is 16.6. The minimum absolute atomic E-state index is 0.0165. The first-order valence-electron chi connectivity index (χ1n) is 14.2. The number of oxime groups is 1. The average molecular weight is 578 g/mol. The van der Waals surface area contributed by atoms with Gasteiger partial charge in [-0.3, -0.25) is 9.59 Å². The number of aliphatic hydroxyl groups excluding tert-OH is 1. The number of hydrogen-bond acceptors (Lipinski definition) is 6. The lowest BCUT2D eigenvalue weighted by atomic mass is 9.90. The van der Waals surface area contributed by atoms with Gasteiger partial charge in [0.25, 0.3) is 0 Å². The molecule has 1 fully saturated rings. The first kappa shape index (κ1) is 29.5. The zero-order valence-electron chi connectivity index (χ0n) is 24.0. The molecule has 1 saturated heterocycles. The van der Waals surface area contributed by atoms with Crippen molar-refractivity contribution >= 4 is 17.5 Å². The van der Waals surface area contributed by atoms with Gasteiger partial charge in [0.05, 0.1) is 31.4 Å². The number of aliphatic hydroxyl groups is 1. The summed E-state index contributed by atoms with van der Waals surface area (Å²) < 4.78 is 5.21. The van der Waals surface area contributed by atoms with Crippen molar-refractivity contribution in [3.8, 4) is 5.75 Å². The third kappa shape index (κ3) is 7.47. The largest absolute Gasteiger partial charge is 0.497 e. The van der Waals surface area contributed by atoms with Crippen LogP contribution in [0.25, 0.3) is 0 Å². The Morgan fingerprint density at radius 2 is 1.42 bits per heavy atom. The Kier molecular flexibility index (Phi) is 9.82. The molecule has 8 nitrogen and oxygen atoms in total. The molecule has 0 bridgehead atoms. The molecule has 5 rings (SSSR count). The number of rotatable bonds is 11. The number of carbonyl (C=O) groups is 2. The zero-order chi connectivity index (χ0) is 30.0. The first-order valence-corrected chi connectivity index (χ1v) is 14.2. The fourth-order valence-corrected chi connectivity index (χ4v) is 5.20. The van der Waals surface area contributed by atoms with E-state index in [1.807, 2.05) is 103 Å². The van der Waals surface area contributed by atoms with E-state index in [1.165, 1.54) is 0 Å². The predicted octanol–water partition coefficient (Wildman–Crippen LogP) is 4.85. The number of amides is 2. The average Bonchev–Trinajstić information content (AvgIpc) is 3.50. The van der Waals surface area contributed by atoms with Crippen molar-refractivity contribution in [1.82, 2.24) is 10.2 Å². The molecule has 1 aliphatic heterocycles. The van der Waals surface area contributed by atoms with E-state index in [-0.39, 0.29) is 37.9 Å². The van der Waals surface area contributed by atoms with E-state index in [1.54, 1.807) is 24.1 Å². The van der Waals surface area contributed by atoms with Crippen LogP contribution in [-0.2, 0) is 21.0 Å². The highest BCUT2D eigenvalue weighted by Crippen LogP contribution is 2.30. The molecule has 0 saturated carbocycles. The number of benzene rings is 4. The predicted molar refractivity (Wildman–Crippen MR) is 164 cm³/mol. The summed E-state index contributed by atoms with van der Waals surface area (Å²) >= 11 is 0. The standard InChI is InChI=1S/C35H35N3O5/c1-42-30-19-17-25(18-20-30)24-43-37-29-21-31(34(40)36-22-32(39)26-11-5-2-6-12-26)38(23-29)35(41)33(27-13-7-3-8-14-27)28-15-9-4-10-16-28/h2-20,31-33,39H,21-24H2,1H3,(H,36,40)/b37-29+/t31-,32+/m0/s1. The van der Waals surface area contributed by atoms with Gasteiger partial charge in [0.15, 0.2) is 0 Å². The van der Waals surface area contributed by atoms with Crippen molar-refractivity contribution in [1.29, 1.82) is 0 Å². The van der Waals surface area contributed by atoms with Gasteiger partial charge in [-0.15, -0.1) is 0 Å². The van der Waals surface area contributed by atoms with Crippen LogP contribution in [0.2, 0.25) is 0 Å². The third-order valence-corrected chi connectivity index (χ3v) is 7.49. The molecule has 220 valence electrons. The van der Waals surface area contributed by atoms with Gasteiger partial charge in [-0.05, 0) is 34.4 Å². The van der Waals surface area contributed by atoms with Crippen LogP contribution in [0.1, 0.15) is 40.7 Å². The van der Waals surface area contributed by atoms with Crippen molar-refractivity contribution in [2.24, 2.45) is 5.16 Å². The number of hydrogen-bond donors (Lipinski definition) is 2. The molecule has 4 aromatic carbocycles. The fraction of sp³-hybridized carbons (Fsp3) is 0.229. The summed E-state index contributed by atoms with van der Waals surface area (Å²) in [5, 5.41) is 17.8. The summed E-state index contributed by atoms with van der Waals surface area (Å²) in [4.78, 5) is 35.1. The molecular weight excluding hydrogens is 542 g/mol. The molecule has 2 N–H and O–H groups in total. The van der Waals surface area contributed by atoms with Crippen molar-refractivity contribution in [3.63, 3.8) is 0 Å². The van der Waals surface area contributed by atoms with Crippen LogP contribution in [0, 0.1) is 0 Å². The number of nitrogens with zero attached hydrogens (tertiary/aromatic N) is 2. The molecule has 2 amide bonds. The van der Waals surface area contributed by atoms with Gasteiger partial charge in [-0.25, -0.2) is 0 Å². The third-order valence-electron chi connectivity index (χ3n) is 7.49. The molecule has 1 heterocycles. The van der Waals surface area contributed by atoms with Gasteiger partial charge in [0, 0.05) is 13.0 Å². The summed E-state index contributed by atoms with van der Waals surface area (Å²) in [6.45, 7) is 0.401. The number of ether oxygens (including phenoxy) is 1. The van der Waals surface area contributed by atoms with Crippen LogP contribution in [0.3, 0.4) is 0 Å². The molecule has 0 spiro atoms. The first-order chi connectivity index (χ1) is 21.0. The van der Waals surface area contributed by atoms with Crippen molar-refractivity contribution in [2.45, 2.75) is 31.1 Å². The second-order valence-electron chi connectivity index (χ2n) is 10.4. The van der Waals surface area contributed by atoms with Gasteiger partial charge < -0.3 is 24.9 Å². The number of nitrogens with one attached hydrogen (secondary N) is 1. The molecule has 0 unspecified atom stereocenters. The molecule has 0 radical (unpaired) electrons. The Morgan fingerprint density at radius 1 is 0.860 bits per heavy atom. The molecule has 8 heteroatoms. The van der Waals surface area contributed by atoms with Crippen LogP contribution in [-0.4, -0.2) is 53.8 Å². The minimum atomic E-state index is -0.877. The molecule has 0 aliphatic carbocycles. The van der Waals surface area contributed by atoms with E-state index in [9.17, 15) is 14.7 Å². The summed E-state index contributed by atoms with van der Waals surface area (Å²) in [5.41, 5.74) is 3.86. The molecule has 1 aliphatic rings. The Morgan fingerprint density at radius 3 is 1.98 bits per heavy atom. The maximum absolute atomic E-state index is 14.3.